The van der Waals surface area contributed by atoms with Crippen LogP contribution in [0.4, 0.5) is 5.69 Å². The maximum Gasteiger partial charge on any atom is 0.124 e. The maximum absolute atomic E-state index is 6.46. The first-order valence-electron chi connectivity index (χ1n) is 7.74. The fourth-order valence-corrected chi connectivity index (χ4v) is 4.42. The third kappa shape index (κ3) is 2.41. The van der Waals surface area contributed by atoms with Gasteiger partial charge >= 0.3 is 0 Å². The number of allylic oxidation sites excluding steroid dienone is 2. The predicted molar refractivity (Wildman–Crippen MR) is 95.8 cm³/mol. The number of hydrogen-bond donors (Lipinski definition) is 1. The van der Waals surface area contributed by atoms with Crippen LogP contribution in [0.3, 0.4) is 0 Å². The largest absolute Gasteiger partial charge is 0.496 e. The van der Waals surface area contributed by atoms with Gasteiger partial charge in [0.1, 0.15) is 5.75 Å². The summed E-state index contributed by atoms with van der Waals surface area (Å²) in [5.74, 6) is 1.68. The number of para-hydroxylation sites is 1. The number of benzene rings is 2. The highest BCUT2D eigenvalue weighted by Crippen LogP contribution is 2.53. The normalized spacial score (nSPS) is 24.7. The Hall–Kier alpha value is -1.64. The first-order chi connectivity index (χ1) is 11.2. The lowest BCUT2D eigenvalue weighted by atomic mass is 9.77. The molecular weight excluding hydrogens is 329 g/mol. The second-order valence-electron chi connectivity index (χ2n) is 6.07. The van der Waals surface area contributed by atoms with E-state index in [1.165, 1.54) is 11.1 Å². The van der Waals surface area contributed by atoms with Crippen LogP contribution in [0.1, 0.15) is 29.5 Å². The molecule has 23 heavy (non-hydrogen) atoms. The monoisotopic (exact) mass is 345 g/mol. The van der Waals surface area contributed by atoms with E-state index in [0.29, 0.717) is 21.9 Å². The van der Waals surface area contributed by atoms with Crippen LogP contribution in [-0.2, 0) is 0 Å². The average molecular weight is 346 g/mol. The summed E-state index contributed by atoms with van der Waals surface area (Å²) in [6.45, 7) is 0. The molecule has 3 atom stereocenters. The molecule has 0 aromatic heterocycles. The van der Waals surface area contributed by atoms with Crippen molar-refractivity contribution in [3.63, 3.8) is 0 Å². The van der Waals surface area contributed by atoms with Crippen LogP contribution in [0.2, 0.25) is 10.0 Å². The van der Waals surface area contributed by atoms with E-state index in [0.717, 1.165) is 17.9 Å². The summed E-state index contributed by atoms with van der Waals surface area (Å²) in [4.78, 5) is 0. The third-order valence-electron chi connectivity index (χ3n) is 4.86. The van der Waals surface area contributed by atoms with Gasteiger partial charge in [0, 0.05) is 16.5 Å². The molecule has 118 valence electrons. The molecule has 0 fully saturated rings. The number of anilines is 1. The highest BCUT2D eigenvalue weighted by molar-refractivity contribution is 6.36. The molecule has 0 saturated carbocycles. The van der Waals surface area contributed by atoms with Crippen molar-refractivity contribution in [1.82, 2.24) is 0 Å². The van der Waals surface area contributed by atoms with E-state index in [1.807, 2.05) is 18.2 Å². The maximum atomic E-state index is 6.46. The van der Waals surface area contributed by atoms with Crippen LogP contribution in [-0.4, -0.2) is 7.11 Å². The van der Waals surface area contributed by atoms with Gasteiger partial charge in [0.25, 0.3) is 0 Å². The van der Waals surface area contributed by atoms with Gasteiger partial charge in [-0.15, -0.1) is 0 Å². The van der Waals surface area contributed by atoms with Gasteiger partial charge in [-0.05, 0) is 36.1 Å². The summed E-state index contributed by atoms with van der Waals surface area (Å²) in [5.41, 5.74) is 3.34. The zero-order chi connectivity index (χ0) is 16.0. The van der Waals surface area contributed by atoms with Crippen LogP contribution in [0.15, 0.2) is 48.6 Å². The zero-order valence-corrected chi connectivity index (χ0v) is 14.2. The van der Waals surface area contributed by atoms with Crippen LogP contribution in [0, 0.1) is 5.92 Å². The van der Waals surface area contributed by atoms with Crippen LogP contribution in [0.5, 0.6) is 5.75 Å². The lowest BCUT2D eigenvalue weighted by molar-refractivity contribution is 0.381. The highest BCUT2D eigenvalue weighted by Gasteiger charge is 2.39. The average Bonchev–Trinajstić information content (AvgIpc) is 3.04. The molecule has 0 radical (unpaired) electrons. The molecule has 1 N–H and O–H groups in total. The van der Waals surface area contributed by atoms with E-state index in [9.17, 15) is 0 Å². The number of nitrogens with one attached hydrogen (secondary N) is 1. The smallest absolute Gasteiger partial charge is 0.124 e. The van der Waals surface area contributed by atoms with Gasteiger partial charge in [-0.3, -0.25) is 0 Å². The molecule has 0 amide bonds. The van der Waals surface area contributed by atoms with Gasteiger partial charge in [-0.25, -0.2) is 0 Å². The minimum absolute atomic E-state index is 0.164. The summed E-state index contributed by atoms with van der Waals surface area (Å²) in [6.07, 6.45) is 5.56. The van der Waals surface area contributed by atoms with E-state index in [1.54, 1.807) is 13.2 Å². The Kier molecular flexibility index (Phi) is 3.74. The first kappa shape index (κ1) is 14.9. The Balaban J connectivity index is 1.85. The first-order valence-corrected chi connectivity index (χ1v) is 8.49. The van der Waals surface area contributed by atoms with Crippen molar-refractivity contribution in [2.75, 3.05) is 12.4 Å². The topological polar surface area (TPSA) is 21.3 Å². The second kappa shape index (κ2) is 5.77. The van der Waals surface area contributed by atoms with Gasteiger partial charge in [0.15, 0.2) is 0 Å². The standard InChI is InChI=1S/C19H17Cl2NO/c1-23-17-8-3-2-5-14(17)18-13-7-4-6-12(13)15-9-11(20)10-16(21)19(15)22-18/h2-6,8-10,12-13,18,22H,7H2,1H3/t12-,13+,18+/m1/s1. The molecule has 2 nitrogen and oxygen atoms in total. The van der Waals surface area contributed by atoms with Gasteiger partial charge in [-0.1, -0.05) is 53.6 Å². The van der Waals surface area contributed by atoms with E-state index < -0.39 is 0 Å². The molecule has 2 aliphatic rings. The predicted octanol–water partition coefficient (Wildman–Crippen LogP) is 5.83. The fourth-order valence-electron chi connectivity index (χ4n) is 3.85. The number of methoxy groups -OCH3 is 1. The highest BCUT2D eigenvalue weighted by atomic mass is 35.5. The van der Waals surface area contributed by atoms with E-state index in [-0.39, 0.29) is 6.04 Å². The Morgan fingerprint density at radius 2 is 1.96 bits per heavy atom. The van der Waals surface area contributed by atoms with Crippen molar-refractivity contribution in [3.05, 3.63) is 69.7 Å². The lowest BCUT2D eigenvalue weighted by Gasteiger charge is -2.38. The summed E-state index contributed by atoms with van der Waals surface area (Å²) < 4.78 is 5.57. The van der Waals surface area contributed by atoms with Crippen molar-refractivity contribution in [2.24, 2.45) is 5.92 Å². The summed E-state index contributed by atoms with van der Waals surface area (Å²) >= 11 is 12.7. The van der Waals surface area contributed by atoms with Gasteiger partial charge < -0.3 is 10.1 Å². The number of hydrogen-bond acceptors (Lipinski definition) is 2. The summed E-state index contributed by atoms with van der Waals surface area (Å²) in [6, 6.07) is 12.2. The Labute approximate surface area is 146 Å². The number of ether oxygens (including phenoxy) is 1. The summed E-state index contributed by atoms with van der Waals surface area (Å²) in [7, 11) is 1.72. The van der Waals surface area contributed by atoms with Crippen molar-refractivity contribution < 1.29 is 4.74 Å². The van der Waals surface area contributed by atoms with E-state index >= 15 is 0 Å². The second-order valence-corrected chi connectivity index (χ2v) is 6.91. The quantitative estimate of drug-likeness (QED) is 0.691. The fraction of sp³-hybridized carbons (Fsp3) is 0.263. The Morgan fingerprint density at radius 3 is 2.78 bits per heavy atom. The van der Waals surface area contributed by atoms with E-state index in [2.05, 4.69) is 29.6 Å². The molecule has 0 bridgehead atoms. The molecule has 2 aromatic rings. The number of halogens is 2. The molecule has 4 heteroatoms. The Morgan fingerprint density at radius 1 is 1.13 bits per heavy atom. The van der Waals surface area contributed by atoms with Crippen LogP contribution < -0.4 is 10.1 Å². The van der Waals surface area contributed by atoms with Gasteiger partial charge in [0.05, 0.1) is 23.9 Å². The minimum atomic E-state index is 0.164. The molecule has 1 aliphatic carbocycles. The van der Waals surface area contributed by atoms with Gasteiger partial charge in [0.2, 0.25) is 0 Å². The van der Waals surface area contributed by atoms with Gasteiger partial charge in [-0.2, -0.15) is 0 Å². The van der Waals surface area contributed by atoms with Crippen molar-refractivity contribution in [3.8, 4) is 5.75 Å². The number of rotatable bonds is 2. The van der Waals surface area contributed by atoms with E-state index in [4.69, 9.17) is 27.9 Å². The third-order valence-corrected chi connectivity index (χ3v) is 5.38. The zero-order valence-electron chi connectivity index (χ0n) is 12.7. The molecule has 1 heterocycles. The molecule has 0 spiro atoms. The molecule has 2 aromatic carbocycles. The Bertz CT molecular complexity index is 787. The molecule has 0 saturated heterocycles. The van der Waals surface area contributed by atoms with Crippen molar-refractivity contribution >= 4 is 28.9 Å². The minimum Gasteiger partial charge on any atom is -0.496 e. The molecule has 4 rings (SSSR count). The lowest BCUT2D eigenvalue weighted by Crippen LogP contribution is -2.29. The molecular formula is C19H17Cl2NO. The number of fused-ring (bicyclic) bond motifs is 3. The molecule has 1 aliphatic heterocycles. The SMILES string of the molecule is COc1ccccc1[C@H]1Nc2c(Cl)cc(Cl)cc2[C@@H]2C=CC[C@H]12. The van der Waals surface area contributed by atoms with Crippen molar-refractivity contribution in [1.29, 1.82) is 0 Å². The van der Waals surface area contributed by atoms with Crippen LogP contribution >= 0.6 is 23.2 Å². The van der Waals surface area contributed by atoms with Crippen LogP contribution in [0.25, 0.3) is 0 Å². The summed E-state index contributed by atoms with van der Waals surface area (Å²) in [5, 5.41) is 5.00. The van der Waals surface area contributed by atoms with Crippen molar-refractivity contribution in [2.45, 2.75) is 18.4 Å². The molecule has 0 unspecified atom stereocenters.